The normalized spacial score (nSPS) is 33.5. The number of halogens is 4. The Morgan fingerprint density at radius 3 is 2.55 bits per heavy atom. The van der Waals surface area contributed by atoms with Gasteiger partial charge in [-0.15, -0.1) is 0 Å². The number of hydroxylamine groups is 2. The predicted octanol–water partition coefficient (Wildman–Crippen LogP) is 0.809. The molecule has 9 nitrogen and oxygen atoms in total. The number of piperazine rings is 1. The van der Waals surface area contributed by atoms with Gasteiger partial charge in [-0.05, 0) is 13.5 Å². The molecule has 2 heterocycles. The fourth-order valence-corrected chi connectivity index (χ4v) is 4.77. The van der Waals surface area contributed by atoms with E-state index in [-0.39, 0.29) is 22.0 Å². The molecule has 0 aromatic heterocycles. The van der Waals surface area contributed by atoms with E-state index in [1.807, 2.05) is 4.90 Å². The molecule has 3 fully saturated rings. The van der Waals surface area contributed by atoms with Crippen LogP contribution in [0.1, 0.15) is 19.3 Å². The zero-order valence-corrected chi connectivity index (χ0v) is 16.7. The third kappa shape index (κ3) is 5.37. The van der Waals surface area contributed by atoms with Crippen LogP contribution in [0.5, 0.6) is 0 Å². The Kier molecular flexibility index (Phi) is 7.36. The summed E-state index contributed by atoms with van der Waals surface area (Å²) in [6.45, 7) is 2.59. The van der Waals surface area contributed by atoms with Gasteiger partial charge in [0.25, 0.3) is 0 Å². The van der Waals surface area contributed by atoms with Gasteiger partial charge in [-0.25, -0.2) is 4.94 Å². The number of rotatable bonds is 6. The molecule has 0 aromatic rings. The lowest BCUT2D eigenvalue weighted by molar-refractivity contribution is -0.531. The summed E-state index contributed by atoms with van der Waals surface area (Å²) < 4.78 is 37.4. The van der Waals surface area contributed by atoms with E-state index >= 15 is 0 Å². The lowest BCUT2D eigenvalue weighted by Gasteiger charge is -2.45. The van der Waals surface area contributed by atoms with E-state index in [0.717, 1.165) is 6.08 Å². The van der Waals surface area contributed by atoms with Crippen molar-refractivity contribution < 1.29 is 23.0 Å². The summed E-state index contributed by atoms with van der Waals surface area (Å²) in [5.41, 5.74) is 5.58. The van der Waals surface area contributed by atoms with Gasteiger partial charge < -0.3 is 5.32 Å². The molecule has 1 saturated carbocycles. The maximum absolute atomic E-state index is 12.5. The number of hydrogen-bond acceptors (Lipinski definition) is 8. The Morgan fingerprint density at radius 1 is 1.31 bits per heavy atom. The van der Waals surface area contributed by atoms with Gasteiger partial charge in [-0.3, -0.25) is 19.9 Å². The predicted molar refractivity (Wildman–Crippen MR) is 99.3 cm³/mol. The minimum Gasteiger partial charge on any atom is -0.300 e. The molecule has 3 rings (SSSR count). The molecule has 13 heteroatoms. The molecule has 5 atom stereocenters. The summed E-state index contributed by atoms with van der Waals surface area (Å²) in [7, 11) is 1.66. The number of fused-ring (bicyclic) bond motifs is 1. The Labute approximate surface area is 171 Å². The molecular formula is C16H26ClF3N6O3. The lowest BCUT2D eigenvalue weighted by atomic mass is 9.82. The van der Waals surface area contributed by atoms with Crippen LogP contribution in [0.25, 0.3) is 0 Å². The smallest absolute Gasteiger partial charge is 0.300 e. The molecule has 5 unspecified atom stereocenters. The number of likely N-dealkylation sites (N-methyl/N-ethyl adjacent to an activating group) is 1. The van der Waals surface area contributed by atoms with Gasteiger partial charge in [0.2, 0.25) is 6.04 Å². The topological polar surface area (TPSA) is 94.9 Å². The van der Waals surface area contributed by atoms with Gasteiger partial charge >= 0.3 is 6.18 Å². The first kappa shape index (κ1) is 22.7. The Bertz CT molecular complexity index is 617. The molecule has 3 N–H and O–H groups in total. The van der Waals surface area contributed by atoms with Crippen molar-refractivity contribution in [2.75, 3.05) is 33.2 Å². The number of hydrogen-bond donors (Lipinski definition) is 3. The van der Waals surface area contributed by atoms with Crippen molar-refractivity contribution >= 4 is 11.6 Å². The molecule has 0 bridgehead atoms. The lowest BCUT2D eigenvalue weighted by Crippen LogP contribution is -2.64. The molecular weight excluding hydrogens is 417 g/mol. The van der Waals surface area contributed by atoms with Gasteiger partial charge in [-0.2, -0.15) is 24.1 Å². The minimum absolute atomic E-state index is 0.0811. The quantitative estimate of drug-likeness (QED) is 0.411. The second kappa shape index (κ2) is 9.41. The molecule has 0 amide bonds. The van der Waals surface area contributed by atoms with Crippen molar-refractivity contribution in [1.82, 2.24) is 26.1 Å². The maximum Gasteiger partial charge on any atom is 0.392 e. The number of nitrogens with zero attached hydrogens (tertiary/aromatic N) is 3. The highest BCUT2D eigenvalue weighted by Gasteiger charge is 2.51. The molecule has 1 aliphatic carbocycles. The second-order valence-corrected chi connectivity index (χ2v) is 7.99. The van der Waals surface area contributed by atoms with Crippen molar-refractivity contribution in [3.8, 4) is 0 Å². The second-order valence-electron chi connectivity index (χ2n) is 7.56. The van der Waals surface area contributed by atoms with Crippen LogP contribution in [-0.4, -0.2) is 84.5 Å². The van der Waals surface area contributed by atoms with Crippen LogP contribution in [0.15, 0.2) is 11.1 Å². The average Bonchev–Trinajstić information content (AvgIpc) is 3.16. The molecule has 2 aliphatic heterocycles. The Balaban J connectivity index is 1.58. The van der Waals surface area contributed by atoms with Gasteiger partial charge in [0, 0.05) is 48.6 Å². The summed E-state index contributed by atoms with van der Waals surface area (Å²) in [6.07, 6.45) is -3.70. The highest BCUT2D eigenvalue weighted by atomic mass is 35.5. The van der Waals surface area contributed by atoms with Crippen LogP contribution >= 0.6 is 11.6 Å². The van der Waals surface area contributed by atoms with E-state index in [1.165, 1.54) is 0 Å². The molecule has 0 aromatic carbocycles. The first-order valence-corrected chi connectivity index (χ1v) is 9.97. The molecule has 29 heavy (non-hydrogen) atoms. The van der Waals surface area contributed by atoms with E-state index in [1.54, 1.807) is 7.05 Å². The maximum atomic E-state index is 12.5. The summed E-state index contributed by atoms with van der Waals surface area (Å²) >= 11 is 6.13. The monoisotopic (exact) mass is 442 g/mol. The van der Waals surface area contributed by atoms with Crippen molar-refractivity contribution in [2.45, 2.75) is 55.8 Å². The molecule has 0 radical (unpaired) electrons. The third-order valence-electron chi connectivity index (χ3n) is 5.88. The third-order valence-corrected chi connectivity index (χ3v) is 6.24. The minimum atomic E-state index is -4.29. The first-order chi connectivity index (χ1) is 13.7. The van der Waals surface area contributed by atoms with Gasteiger partial charge in [0.05, 0.1) is 18.6 Å². The van der Waals surface area contributed by atoms with E-state index < -0.39 is 30.8 Å². The number of nitro groups is 1. The van der Waals surface area contributed by atoms with Crippen LogP contribution in [0.4, 0.5) is 13.2 Å². The molecule has 166 valence electrons. The highest BCUT2D eigenvalue weighted by Crippen LogP contribution is 2.29. The standard InChI is InChI=1S/C16H26ClF3N6O3/c1-21-15(10(17)4-5-16(18,19)20)25-8-6-24(7-9-25)11-2-3-12(26(27)28)14-13(11)22-29-23-14/h4,11-15,21-23H,2-3,5-9H2,1H3/b10-4+. The highest BCUT2D eigenvalue weighted by molar-refractivity contribution is 6.30. The van der Waals surface area contributed by atoms with Crippen LogP contribution < -0.4 is 16.3 Å². The van der Waals surface area contributed by atoms with Gasteiger partial charge in [0.15, 0.2) is 0 Å². The SMILES string of the molecule is CNC(/C(Cl)=C\CC(F)(F)F)N1CCN(C2CCC([N+](=O)[O-])C3NONC32)CC1. The van der Waals surface area contributed by atoms with Crippen LogP contribution in [0.2, 0.25) is 0 Å². The Morgan fingerprint density at radius 2 is 1.97 bits per heavy atom. The van der Waals surface area contributed by atoms with Crippen molar-refractivity contribution in [2.24, 2.45) is 0 Å². The van der Waals surface area contributed by atoms with Crippen molar-refractivity contribution in [1.29, 1.82) is 0 Å². The summed E-state index contributed by atoms with van der Waals surface area (Å²) in [4.78, 5) is 20.4. The molecule has 3 aliphatic rings. The molecule has 2 saturated heterocycles. The van der Waals surface area contributed by atoms with Gasteiger partial charge in [0.1, 0.15) is 6.04 Å². The van der Waals surface area contributed by atoms with Crippen LogP contribution in [0, 0.1) is 10.1 Å². The zero-order valence-electron chi connectivity index (χ0n) is 16.0. The zero-order chi connectivity index (χ0) is 21.2. The van der Waals surface area contributed by atoms with E-state index in [4.69, 9.17) is 16.5 Å². The van der Waals surface area contributed by atoms with Crippen molar-refractivity contribution in [3.05, 3.63) is 21.2 Å². The molecule has 0 spiro atoms. The van der Waals surface area contributed by atoms with Gasteiger partial charge in [-0.1, -0.05) is 17.7 Å². The summed E-state index contributed by atoms with van der Waals surface area (Å²) in [6, 6.07) is -1.20. The number of nitrogens with one attached hydrogen (secondary N) is 3. The Hall–Kier alpha value is -1.02. The number of alkyl halides is 3. The van der Waals surface area contributed by atoms with Crippen LogP contribution in [0.3, 0.4) is 0 Å². The van der Waals surface area contributed by atoms with Crippen LogP contribution in [-0.2, 0) is 4.94 Å². The number of allylic oxidation sites excluding steroid dienone is 1. The van der Waals surface area contributed by atoms with Crippen molar-refractivity contribution in [3.63, 3.8) is 0 Å². The van der Waals surface area contributed by atoms with E-state index in [0.29, 0.717) is 39.0 Å². The summed E-state index contributed by atoms with van der Waals surface area (Å²) in [5.74, 6) is 0. The first-order valence-electron chi connectivity index (χ1n) is 9.59. The van der Waals surface area contributed by atoms with E-state index in [2.05, 4.69) is 21.2 Å². The largest absolute Gasteiger partial charge is 0.392 e. The summed E-state index contributed by atoms with van der Waals surface area (Å²) in [5, 5.41) is 14.4. The fourth-order valence-electron chi connectivity index (χ4n) is 4.45. The van der Waals surface area contributed by atoms with E-state index in [9.17, 15) is 23.3 Å². The average molecular weight is 443 g/mol. The fraction of sp³-hybridized carbons (Fsp3) is 0.875.